The van der Waals surface area contributed by atoms with Crippen molar-refractivity contribution in [1.29, 1.82) is 0 Å². The minimum atomic E-state index is 0.871. The average Bonchev–Trinajstić information content (AvgIpc) is 2.59. The maximum absolute atomic E-state index is 5.59. The number of hydroxylamine groups is 2. The smallest absolute Gasteiger partial charge is 0.152 e. The molecule has 1 aliphatic heterocycles. The van der Waals surface area contributed by atoms with Crippen molar-refractivity contribution < 1.29 is 4.84 Å². The van der Waals surface area contributed by atoms with Gasteiger partial charge in [0, 0.05) is 12.6 Å². The summed E-state index contributed by atoms with van der Waals surface area (Å²) in [7, 11) is 1.96. The second kappa shape index (κ2) is 2.97. The summed E-state index contributed by atoms with van der Waals surface area (Å²) >= 11 is 0. The summed E-state index contributed by atoms with van der Waals surface area (Å²) in [6.45, 7) is 3.02. The Morgan fingerprint density at radius 2 is 2.00 bits per heavy atom. The van der Waals surface area contributed by atoms with Crippen molar-refractivity contribution in [1.82, 2.24) is 5.06 Å². The molecule has 3 rings (SSSR count). The van der Waals surface area contributed by atoms with Gasteiger partial charge in [-0.1, -0.05) is 24.3 Å². The molecule has 0 unspecified atom stereocenters. The van der Waals surface area contributed by atoms with Crippen LogP contribution in [-0.4, -0.2) is 12.1 Å². The molecule has 0 N–H and O–H groups in total. The molecular formula is C13H13NO. The maximum atomic E-state index is 5.59. The third kappa shape index (κ3) is 1.22. The molecule has 0 saturated heterocycles. The van der Waals surface area contributed by atoms with Gasteiger partial charge in [0.2, 0.25) is 0 Å². The van der Waals surface area contributed by atoms with Crippen molar-refractivity contribution in [3.63, 3.8) is 0 Å². The molecule has 0 radical (unpaired) electrons. The predicted molar refractivity (Wildman–Crippen MR) is 60.8 cm³/mol. The minimum absolute atomic E-state index is 0.871. The zero-order valence-corrected chi connectivity index (χ0v) is 8.95. The van der Waals surface area contributed by atoms with Gasteiger partial charge < -0.3 is 4.84 Å². The van der Waals surface area contributed by atoms with Crippen LogP contribution in [-0.2, 0) is 6.54 Å². The van der Waals surface area contributed by atoms with Crippen LogP contribution in [0.3, 0.4) is 0 Å². The van der Waals surface area contributed by atoms with Gasteiger partial charge >= 0.3 is 0 Å². The molecule has 0 spiro atoms. The molecule has 0 saturated carbocycles. The molecule has 1 aliphatic rings. The van der Waals surface area contributed by atoms with Crippen LogP contribution >= 0.6 is 0 Å². The number of hydrogen-bond donors (Lipinski definition) is 0. The van der Waals surface area contributed by atoms with Crippen molar-refractivity contribution in [2.45, 2.75) is 13.5 Å². The first-order valence-electron chi connectivity index (χ1n) is 5.16. The Labute approximate surface area is 89.0 Å². The van der Waals surface area contributed by atoms with E-state index in [9.17, 15) is 0 Å². The maximum Gasteiger partial charge on any atom is 0.152 e. The molecule has 0 aliphatic carbocycles. The Bertz CT molecular complexity index is 533. The Balaban J connectivity index is 2.36. The van der Waals surface area contributed by atoms with Crippen LogP contribution in [0.5, 0.6) is 5.75 Å². The summed E-state index contributed by atoms with van der Waals surface area (Å²) in [6.07, 6.45) is 0. The molecule has 2 aromatic carbocycles. The molecule has 76 valence electrons. The fourth-order valence-electron chi connectivity index (χ4n) is 2.23. The highest BCUT2D eigenvalue weighted by Gasteiger charge is 2.19. The molecule has 15 heavy (non-hydrogen) atoms. The zero-order chi connectivity index (χ0) is 10.4. The lowest BCUT2D eigenvalue weighted by atomic mass is 10.0. The van der Waals surface area contributed by atoms with Crippen LogP contribution in [0.4, 0.5) is 0 Å². The SMILES string of the molecule is Cc1cccc2c3c(ccc12)ON(C)C3. The summed E-state index contributed by atoms with van der Waals surface area (Å²) < 4.78 is 0. The molecule has 0 amide bonds. The summed E-state index contributed by atoms with van der Waals surface area (Å²) in [5, 5.41) is 4.51. The van der Waals surface area contributed by atoms with Crippen molar-refractivity contribution in [2.24, 2.45) is 0 Å². The van der Waals surface area contributed by atoms with Gasteiger partial charge in [-0.05, 0) is 29.3 Å². The summed E-state index contributed by atoms with van der Waals surface area (Å²) in [4.78, 5) is 5.59. The van der Waals surface area contributed by atoms with Gasteiger partial charge in [-0.3, -0.25) is 0 Å². The lowest BCUT2D eigenvalue weighted by molar-refractivity contribution is -0.0136. The first-order chi connectivity index (χ1) is 7.25. The highest BCUT2D eigenvalue weighted by atomic mass is 16.7. The molecule has 2 heteroatoms. The summed E-state index contributed by atoms with van der Waals surface area (Å²) in [5.41, 5.74) is 2.63. The van der Waals surface area contributed by atoms with Crippen LogP contribution in [0.25, 0.3) is 10.8 Å². The third-order valence-electron chi connectivity index (χ3n) is 2.98. The fraction of sp³-hybridized carbons (Fsp3) is 0.231. The lowest BCUT2D eigenvalue weighted by Gasteiger charge is -2.05. The van der Waals surface area contributed by atoms with Gasteiger partial charge in [0.15, 0.2) is 5.75 Å². The molecule has 0 bridgehead atoms. The van der Waals surface area contributed by atoms with Crippen LogP contribution < -0.4 is 4.84 Å². The number of benzene rings is 2. The van der Waals surface area contributed by atoms with E-state index in [2.05, 4.69) is 37.3 Å². The topological polar surface area (TPSA) is 12.5 Å². The van der Waals surface area contributed by atoms with E-state index in [0.29, 0.717) is 0 Å². The largest absolute Gasteiger partial charge is 0.406 e. The molecule has 0 fully saturated rings. The second-order valence-corrected chi connectivity index (χ2v) is 4.09. The van der Waals surface area contributed by atoms with E-state index in [-0.39, 0.29) is 0 Å². The van der Waals surface area contributed by atoms with Crippen LogP contribution in [0, 0.1) is 6.92 Å². The van der Waals surface area contributed by atoms with Crippen LogP contribution in [0.1, 0.15) is 11.1 Å². The predicted octanol–water partition coefficient (Wildman–Crippen LogP) is 2.89. The number of nitrogens with zero attached hydrogens (tertiary/aromatic N) is 1. The number of hydrogen-bond acceptors (Lipinski definition) is 2. The highest BCUT2D eigenvalue weighted by Crippen LogP contribution is 2.34. The van der Waals surface area contributed by atoms with Crippen LogP contribution in [0.15, 0.2) is 30.3 Å². The van der Waals surface area contributed by atoms with Crippen molar-refractivity contribution in [3.8, 4) is 5.75 Å². The standard InChI is InChI=1S/C13H13NO/c1-9-4-3-5-11-10(9)6-7-13-12(11)8-14(2)15-13/h3-7H,8H2,1-2H3. The van der Waals surface area contributed by atoms with E-state index >= 15 is 0 Å². The van der Waals surface area contributed by atoms with E-state index in [1.807, 2.05) is 12.1 Å². The van der Waals surface area contributed by atoms with Gasteiger partial charge in [-0.2, -0.15) is 0 Å². The number of fused-ring (bicyclic) bond motifs is 3. The van der Waals surface area contributed by atoms with Gasteiger partial charge in [-0.25, -0.2) is 0 Å². The lowest BCUT2D eigenvalue weighted by Crippen LogP contribution is -2.13. The van der Waals surface area contributed by atoms with E-state index in [1.54, 1.807) is 0 Å². The van der Waals surface area contributed by atoms with Crippen molar-refractivity contribution in [2.75, 3.05) is 7.05 Å². The molecule has 0 aromatic heterocycles. The first kappa shape index (κ1) is 8.74. The Morgan fingerprint density at radius 3 is 2.87 bits per heavy atom. The molecule has 2 aromatic rings. The Kier molecular flexibility index (Phi) is 1.73. The first-order valence-corrected chi connectivity index (χ1v) is 5.16. The van der Waals surface area contributed by atoms with Crippen LogP contribution in [0.2, 0.25) is 0 Å². The third-order valence-corrected chi connectivity index (χ3v) is 2.98. The monoisotopic (exact) mass is 199 g/mol. The normalized spacial score (nSPS) is 15.3. The van der Waals surface area contributed by atoms with Gasteiger partial charge in [0.1, 0.15) is 0 Å². The number of rotatable bonds is 0. The van der Waals surface area contributed by atoms with Crippen molar-refractivity contribution >= 4 is 10.8 Å². The van der Waals surface area contributed by atoms with E-state index in [1.165, 1.54) is 21.9 Å². The fourth-order valence-corrected chi connectivity index (χ4v) is 2.23. The van der Waals surface area contributed by atoms with Crippen molar-refractivity contribution in [3.05, 3.63) is 41.5 Å². The van der Waals surface area contributed by atoms with Gasteiger partial charge in [0.25, 0.3) is 0 Å². The molecular weight excluding hydrogens is 186 g/mol. The zero-order valence-electron chi connectivity index (χ0n) is 8.95. The molecule has 2 nitrogen and oxygen atoms in total. The average molecular weight is 199 g/mol. The second-order valence-electron chi connectivity index (χ2n) is 4.09. The summed E-state index contributed by atoms with van der Waals surface area (Å²) in [5.74, 6) is 0.996. The van der Waals surface area contributed by atoms with Gasteiger partial charge in [0.05, 0.1) is 6.54 Å². The van der Waals surface area contributed by atoms with E-state index in [4.69, 9.17) is 4.84 Å². The molecule has 0 atom stereocenters. The summed E-state index contributed by atoms with van der Waals surface area (Å²) in [6, 6.07) is 10.6. The minimum Gasteiger partial charge on any atom is -0.406 e. The van der Waals surface area contributed by atoms with E-state index in [0.717, 1.165) is 12.3 Å². The Morgan fingerprint density at radius 1 is 1.13 bits per heavy atom. The highest BCUT2D eigenvalue weighted by molar-refractivity contribution is 5.90. The quantitative estimate of drug-likeness (QED) is 0.647. The van der Waals surface area contributed by atoms with Gasteiger partial charge in [-0.15, -0.1) is 5.06 Å². The Hall–Kier alpha value is -1.54. The number of aryl methyl sites for hydroxylation is 1. The molecule has 1 heterocycles. The van der Waals surface area contributed by atoms with E-state index < -0.39 is 0 Å².